The molecule has 0 radical (unpaired) electrons. The Kier molecular flexibility index (Phi) is 4.31. The van der Waals surface area contributed by atoms with Crippen LogP contribution in [0.1, 0.15) is 25.8 Å². The Morgan fingerprint density at radius 3 is 2.28 bits per heavy atom. The maximum Gasteiger partial charge on any atom is 0.328 e. The van der Waals surface area contributed by atoms with Crippen LogP contribution in [0.3, 0.4) is 0 Å². The number of hydrogen-bond acceptors (Lipinski definition) is 3. The predicted molar refractivity (Wildman–Crippen MR) is 66.3 cm³/mol. The normalized spacial score (nSPS) is 11.0. The van der Waals surface area contributed by atoms with Crippen LogP contribution in [0.25, 0.3) is 0 Å². The highest BCUT2D eigenvalue weighted by molar-refractivity contribution is 5.86. The fraction of sp³-hybridized carbons (Fsp3) is 0.385. The zero-order valence-electron chi connectivity index (χ0n) is 10.4. The van der Waals surface area contributed by atoms with Crippen molar-refractivity contribution in [2.24, 2.45) is 0 Å². The average molecular weight is 251 g/mol. The van der Waals surface area contributed by atoms with Crippen molar-refractivity contribution in [1.82, 2.24) is 5.32 Å². The summed E-state index contributed by atoms with van der Waals surface area (Å²) in [5, 5.41) is 20.4. The molecule has 0 saturated heterocycles. The van der Waals surface area contributed by atoms with Gasteiger partial charge in [0.05, 0.1) is 0 Å². The first-order chi connectivity index (χ1) is 8.31. The van der Waals surface area contributed by atoms with E-state index >= 15 is 0 Å². The lowest BCUT2D eigenvalue weighted by molar-refractivity contribution is -0.146. The number of hydrogen-bond donors (Lipinski definition) is 3. The molecule has 0 aliphatic carbocycles. The summed E-state index contributed by atoms with van der Waals surface area (Å²) in [6.07, 6.45) is 0.712. The minimum absolute atomic E-state index is 0.176. The van der Waals surface area contributed by atoms with Gasteiger partial charge in [0, 0.05) is 6.42 Å². The quantitative estimate of drug-likeness (QED) is 0.736. The van der Waals surface area contributed by atoms with Gasteiger partial charge in [-0.1, -0.05) is 12.1 Å². The van der Waals surface area contributed by atoms with E-state index in [4.69, 9.17) is 10.2 Å². The number of nitrogens with one attached hydrogen (secondary N) is 1. The highest BCUT2D eigenvalue weighted by Gasteiger charge is 2.28. The number of carboxylic acid groups (broad SMARTS) is 1. The van der Waals surface area contributed by atoms with Crippen molar-refractivity contribution in [3.63, 3.8) is 0 Å². The molecule has 0 fully saturated rings. The molecule has 18 heavy (non-hydrogen) atoms. The number of carboxylic acids is 1. The minimum atomic E-state index is -1.26. The van der Waals surface area contributed by atoms with E-state index in [1.807, 2.05) is 0 Å². The second-order valence-electron chi connectivity index (χ2n) is 4.64. The third-order valence-electron chi connectivity index (χ3n) is 2.56. The van der Waals surface area contributed by atoms with Gasteiger partial charge in [-0.05, 0) is 38.0 Å². The number of aliphatic carboxylic acids is 1. The lowest BCUT2D eigenvalue weighted by Gasteiger charge is -2.20. The Morgan fingerprint density at radius 2 is 1.78 bits per heavy atom. The molecule has 5 nitrogen and oxygen atoms in total. The molecular weight excluding hydrogens is 234 g/mol. The van der Waals surface area contributed by atoms with Gasteiger partial charge < -0.3 is 15.5 Å². The van der Waals surface area contributed by atoms with Crippen LogP contribution in [0.5, 0.6) is 5.75 Å². The van der Waals surface area contributed by atoms with Crippen molar-refractivity contribution in [3.05, 3.63) is 29.8 Å². The summed E-state index contributed by atoms with van der Waals surface area (Å²) in [5.41, 5.74) is -0.345. The second-order valence-corrected chi connectivity index (χ2v) is 4.64. The highest BCUT2D eigenvalue weighted by atomic mass is 16.4. The van der Waals surface area contributed by atoms with E-state index < -0.39 is 11.5 Å². The van der Waals surface area contributed by atoms with Gasteiger partial charge >= 0.3 is 5.97 Å². The molecule has 1 aromatic rings. The van der Waals surface area contributed by atoms with Gasteiger partial charge in [-0.15, -0.1) is 0 Å². The van der Waals surface area contributed by atoms with Gasteiger partial charge in [0.2, 0.25) is 5.91 Å². The van der Waals surface area contributed by atoms with Crippen LogP contribution < -0.4 is 5.32 Å². The molecule has 0 aliphatic rings. The Hall–Kier alpha value is -2.04. The van der Waals surface area contributed by atoms with Crippen molar-refractivity contribution in [2.45, 2.75) is 32.2 Å². The summed E-state index contributed by atoms with van der Waals surface area (Å²) in [6.45, 7) is 2.88. The first-order valence-corrected chi connectivity index (χ1v) is 5.63. The summed E-state index contributed by atoms with van der Waals surface area (Å²) < 4.78 is 0. The molecule has 0 saturated carbocycles. The molecule has 0 heterocycles. The van der Waals surface area contributed by atoms with Crippen molar-refractivity contribution in [1.29, 1.82) is 0 Å². The first kappa shape index (κ1) is 14.0. The number of aryl methyl sites for hydroxylation is 1. The van der Waals surface area contributed by atoms with Crippen molar-refractivity contribution in [3.8, 4) is 5.75 Å². The number of carbonyl (C=O) groups excluding carboxylic acids is 1. The van der Waals surface area contributed by atoms with Crippen LogP contribution >= 0.6 is 0 Å². The topological polar surface area (TPSA) is 86.6 Å². The van der Waals surface area contributed by atoms with Crippen LogP contribution in [0, 0.1) is 0 Å². The number of aromatic hydroxyl groups is 1. The Bertz CT molecular complexity index is 437. The fourth-order valence-corrected chi connectivity index (χ4v) is 1.38. The van der Waals surface area contributed by atoms with Crippen LogP contribution in [0.4, 0.5) is 0 Å². The number of phenolic OH excluding ortho intramolecular Hbond substituents is 1. The van der Waals surface area contributed by atoms with Gasteiger partial charge in [0.15, 0.2) is 0 Å². The summed E-state index contributed by atoms with van der Waals surface area (Å²) in [5.74, 6) is -1.20. The zero-order valence-corrected chi connectivity index (χ0v) is 10.4. The summed E-state index contributed by atoms with van der Waals surface area (Å²) in [4.78, 5) is 22.4. The highest BCUT2D eigenvalue weighted by Crippen LogP contribution is 2.11. The zero-order chi connectivity index (χ0) is 13.8. The largest absolute Gasteiger partial charge is 0.508 e. The average Bonchev–Trinajstić information content (AvgIpc) is 2.27. The standard InChI is InChI=1S/C13H17NO4/c1-13(2,12(17)18)14-11(16)8-5-9-3-6-10(15)7-4-9/h3-4,6-7,15H,5,8H2,1-2H3,(H,14,16)(H,17,18). The predicted octanol–water partition coefficient (Wildman–Crippen LogP) is 1.30. The molecule has 98 valence electrons. The van der Waals surface area contributed by atoms with Crippen LogP contribution in [0.15, 0.2) is 24.3 Å². The van der Waals surface area contributed by atoms with Gasteiger partial charge in [0.25, 0.3) is 0 Å². The maximum absolute atomic E-state index is 11.6. The van der Waals surface area contributed by atoms with E-state index in [9.17, 15) is 9.59 Å². The van der Waals surface area contributed by atoms with E-state index in [2.05, 4.69) is 5.32 Å². The molecule has 3 N–H and O–H groups in total. The van der Waals surface area contributed by atoms with Gasteiger partial charge in [-0.2, -0.15) is 0 Å². The second kappa shape index (κ2) is 5.53. The summed E-state index contributed by atoms with van der Waals surface area (Å²) >= 11 is 0. The Morgan fingerprint density at radius 1 is 1.22 bits per heavy atom. The Labute approximate surface area is 105 Å². The third-order valence-corrected chi connectivity index (χ3v) is 2.56. The molecule has 0 spiro atoms. The molecule has 1 amide bonds. The van der Waals surface area contributed by atoms with E-state index in [0.717, 1.165) is 5.56 Å². The van der Waals surface area contributed by atoms with Gasteiger partial charge in [-0.25, -0.2) is 4.79 Å². The fourth-order valence-electron chi connectivity index (χ4n) is 1.38. The SMILES string of the molecule is CC(C)(NC(=O)CCc1ccc(O)cc1)C(=O)O. The van der Waals surface area contributed by atoms with Crippen LogP contribution in [-0.4, -0.2) is 27.6 Å². The summed E-state index contributed by atoms with van der Waals surface area (Å²) in [7, 11) is 0. The molecule has 5 heteroatoms. The van der Waals surface area contributed by atoms with Gasteiger partial charge in [-0.3, -0.25) is 4.79 Å². The number of carbonyl (C=O) groups is 2. The monoisotopic (exact) mass is 251 g/mol. The lowest BCUT2D eigenvalue weighted by atomic mass is 10.0. The number of amides is 1. The number of benzene rings is 1. The molecule has 1 rings (SSSR count). The molecular formula is C13H17NO4. The van der Waals surface area contributed by atoms with E-state index in [1.54, 1.807) is 24.3 Å². The van der Waals surface area contributed by atoms with Crippen molar-refractivity contribution < 1.29 is 19.8 Å². The van der Waals surface area contributed by atoms with Crippen molar-refractivity contribution >= 4 is 11.9 Å². The van der Waals surface area contributed by atoms with E-state index in [0.29, 0.717) is 6.42 Å². The van der Waals surface area contributed by atoms with E-state index in [1.165, 1.54) is 13.8 Å². The van der Waals surface area contributed by atoms with Crippen LogP contribution in [0.2, 0.25) is 0 Å². The maximum atomic E-state index is 11.6. The minimum Gasteiger partial charge on any atom is -0.508 e. The molecule has 0 unspecified atom stereocenters. The smallest absolute Gasteiger partial charge is 0.328 e. The molecule has 0 aromatic heterocycles. The van der Waals surface area contributed by atoms with Gasteiger partial charge in [0.1, 0.15) is 11.3 Å². The Balaban J connectivity index is 2.47. The third kappa shape index (κ3) is 4.08. The summed E-state index contributed by atoms with van der Waals surface area (Å²) in [6, 6.07) is 6.55. The molecule has 0 atom stereocenters. The van der Waals surface area contributed by atoms with Crippen molar-refractivity contribution in [2.75, 3.05) is 0 Å². The molecule has 0 aliphatic heterocycles. The number of phenols is 1. The van der Waals surface area contributed by atoms with E-state index in [-0.39, 0.29) is 18.1 Å². The molecule has 0 bridgehead atoms. The molecule has 1 aromatic carbocycles. The number of rotatable bonds is 5. The van der Waals surface area contributed by atoms with Crippen LogP contribution in [-0.2, 0) is 16.0 Å². The lowest BCUT2D eigenvalue weighted by Crippen LogP contribution is -2.49. The first-order valence-electron chi connectivity index (χ1n) is 5.63.